The number of nitrogens with two attached hydrogens (primary N) is 1. The second-order valence-electron chi connectivity index (χ2n) is 11.3. The van der Waals surface area contributed by atoms with Crippen LogP contribution in [0.15, 0.2) is 54.7 Å². The number of nitrogens with one attached hydrogen (secondary N) is 1. The number of hydrogen-bond donors (Lipinski definition) is 2. The Morgan fingerprint density at radius 1 is 1.04 bits per heavy atom. The summed E-state index contributed by atoms with van der Waals surface area (Å²) in [5.74, 6) is -5.57. The average molecular weight is 660 g/mol. The van der Waals surface area contributed by atoms with Gasteiger partial charge in [0, 0.05) is 41.9 Å². The molecule has 9 nitrogen and oxygen atoms in total. The Morgan fingerprint density at radius 2 is 1.77 bits per heavy atom. The molecule has 2 aromatic heterocycles. The summed E-state index contributed by atoms with van der Waals surface area (Å²) in [5, 5.41) is 6.50. The predicted molar refractivity (Wildman–Crippen MR) is 153 cm³/mol. The van der Waals surface area contributed by atoms with Gasteiger partial charge in [0.15, 0.2) is 11.5 Å². The maximum atomic E-state index is 14.3. The highest BCUT2D eigenvalue weighted by molar-refractivity contribution is 5.94. The molecule has 0 bridgehead atoms. The first-order chi connectivity index (χ1) is 22.3. The number of alkyl halides is 3. The van der Waals surface area contributed by atoms with Gasteiger partial charge in [0.2, 0.25) is 5.91 Å². The van der Waals surface area contributed by atoms with E-state index in [1.807, 2.05) is 0 Å². The molecule has 0 radical (unpaired) electrons. The van der Waals surface area contributed by atoms with Crippen LogP contribution < -0.4 is 11.1 Å². The van der Waals surface area contributed by atoms with Crippen LogP contribution in [0.1, 0.15) is 51.0 Å². The van der Waals surface area contributed by atoms with Crippen molar-refractivity contribution in [2.24, 2.45) is 5.73 Å². The minimum Gasteiger partial charge on any atom is -0.366 e. The van der Waals surface area contributed by atoms with E-state index < -0.39 is 65.1 Å². The van der Waals surface area contributed by atoms with Gasteiger partial charge >= 0.3 is 6.18 Å². The number of ether oxygens (including phenoxy) is 2. The molecule has 47 heavy (non-hydrogen) atoms. The van der Waals surface area contributed by atoms with E-state index in [0.717, 1.165) is 22.9 Å². The monoisotopic (exact) mass is 659 g/mol. The van der Waals surface area contributed by atoms with Gasteiger partial charge in [-0.1, -0.05) is 12.1 Å². The SMILES string of the molecule is NC(=O)c1cc(-c2cccnc2[C@H](Cc2cc(F)cc(F)c2)NC(=O)Cn2nc(C(F)(F)F)c3c2CCC2(C3)OCCO2)ccc1F. The predicted octanol–water partition coefficient (Wildman–Crippen LogP) is 4.81. The Balaban J connectivity index is 1.35. The third-order valence-corrected chi connectivity index (χ3v) is 8.14. The zero-order valence-corrected chi connectivity index (χ0v) is 24.5. The van der Waals surface area contributed by atoms with Crippen molar-refractivity contribution in [3.05, 3.63) is 106 Å². The van der Waals surface area contributed by atoms with Crippen LogP contribution in [0.4, 0.5) is 26.3 Å². The molecule has 0 saturated carbocycles. The minimum absolute atomic E-state index is 0.106. The van der Waals surface area contributed by atoms with Crippen molar-refractivity contribution in [2.75, 3.05) is 13.2 Å². The molecule has 0 unspecified atom stereocenters. The molecule has 2 aliphatic rings. The van der Waals surface area contributed by atoms with Crippen LogP contribution in [0.25, 0.3) is 11.1 Å². The van der Waals surface area contributed by atoms with Crippen molar-refractivity contribution in [2.45, 2.75) is 50.2 Å². The third kappa shape index (κ3) is 6.72. The lowest BCUT2D eigenvalue weighted by Crippen LogP contribution is -2.38. The molecule has 1 aliphatic carbocycles. The number of aromatic nitrogens is 3. The normalized spacial score (nSPS) is 16.2. The van der Waals surface area contributed by atoms with Gasteiger partial charge in [0.05, 0.1) is 30.5 Å². The molecule has 3 N–H and O–H groups in total. The summed E-state index contributed by atoms with van der Waals surface area (Å²) in [6.07, 6.45) is -3.43. The van der Waals surface area contributed by atoms with E-state index in [0.29, 0.717) is 17.2 Å². The molecule has 1 fully saturated rings. The van der Waals surface area contributed by atoms with Gasteiger partial charge in [-0.3, -0.25) is 19.3 Å². The first kappa shape index (κ1) is 32.2. The molecule has 15 heteroatoms. The largest absolute Gasteiger partial charge is 0.435 e. The highest BCUT2D eigenvalue weighted by Crippen LogP contribution is 2.41. The number of primary amides is 1. The first-order valence-corrected chi connectivity index (χ1v) is 14.5. The van der Waals surface area contributed by atoms with Crippen LogP contribution in [-0.2, 0) is 46.3 Å². The number of fused-ring (bicyclic) bond motifs is 1. The molecule has 246 valence electrons. The molecule has 2 aromatic carbocycles. The number of carbonyl (C=O) groups excluding carboxylic acids is 2. The smallest absolute Gasteiger partial charge is 0.366 e. The van der Waals surface area contributed by atoms with E-state index in [1.54, 1.807) is 12.1 Å². The maximum Gasteiger partial charge on any atom is 0.435 e. The summed E-state index contributed by atoms with van der Waals surface area (Å²) in [5.41, 5.74) is 4.82. The summed E-state index contributed by atoms with van der Waals surface area (Å²) in [7, 11) is 0. The van der Waals surface area contributed by atoms with Gasteiger partial charge in [-0.25, -0.2) is 13.2 Å². The van der Waals surface area contributed by atoms with Crippen LogP contribution in [0.5, 0.6) is 0 Å². The molecular weight excluding hydrogens is 632 g/mol. The van der Waals surface area contributed by atoms with Gasteiger partial charge in [-0.05, 0) is 54.3 Å². The van der Waals surface area contributed by atoms with E-state index in [9.17, 15) is 35.9 Å². The quantitative estimate of drug-likeness (QED) is 0.262. The maximum absolute atomic E-state index is 14.3. The fourth-order valence-electron chi connectivity index (χ4n) is 6.15. The van der Waals surface area contributed by atoms with E-state index >= 15 is 0 Å². The van der Waals surface area contributed by atoms with Gasteiger partial charge < -0.3 is 20.5 Å². The van der Waals surface area contributed by atoms with Gasteiger partial charge in [-0.15, -0.1) is 0 Å². The minimum atomic E-state index is -4.81. The summed E-state index contributed by atoms with van der Waals surface area (Å²) in [4.78, 5) is 29.8. The second-order valence-corrected chi connectivity index (χ2v) is 11.3. The fraction of sp³-hybridized carbons (Fsp3) is 0.312. The second kappa shape index (κ2) is 12.4. The van der Waals surface area contributed by atoms with Gasteiger partial charge in [0.25, 0.3) is 5.91 Å². The fourth-order valence-corrected chi connectivity index (χ4v) is 6.15. The Labute approximate surface area is 263 Å². The lowest BCUT2D eigenvalue weighted by atomic mass is 9.90. The molecular formula is C32H27F6N5O4. The number of amides is 2. The number of halogens is 6. The Hall–Kier alpha value is -4.76. The van der Waals surface area contributed by atoms with E-state index in [1.165, 1.54) is 18.3 Å². The number of carbonyl (C=O) groups is 2. The van der Waals surface area contributed by atoms with Gasteiger partial charge in [0.1, 0.15) is 24.0 Å². The Morgan fingerprint density at radius 3 is 2.45 bits per heavy atom. The van der Waals surface area contributed by atoms with Crippen LogP contribution in [-0.4, -0.2) is 45.6 Å². The van der Waals surface area contributed by atoms with E-state index in [4.69, 9.17) is 15.2 Å². The first-order valence-electron chi connectivity index (χ1n) is 14.5. The Bertz CT molecular complexity index is 1830. The molecule has 2 amide bonds. The van der Waals surface area contributed by atoms with Crippen molar-refractivity contribution in [1.82, 2.24) is 20.1 Å². The number of rotatable bonds is 8. The van der Waals surface area contributed by atoms with E-state index in [-0.39, 0.29) is 61.4 Å². The van der Waals surface area contributed by atoms with Crippen molar-refractivity contribution < 1.29 is 45.4 Å². The number of nitrogens with zero attached hydrogens (tertiary/aromatic N) is 3. The van der Waals surface area contributed by atoms with Crippen molar-refractivity contribution in [3.63, 3.8) is 0 Å². The molecule has 1 spiro atoms. The molecule has 1 aliphatic heterocycles. The lowest BCUT2D eigenvalue weighted by Gasteiger charge is -2.32. The number of hydrogen-bond acceptors (Lipinski definition) is 6. The average Bonchev–Trinajstić information content (AvgIpc) is 3.60. The molecule has 1 atom stereocenters. The molecule has 6 rings (SSSR count). The van der Waals surface area contributed by atoms with Gasteiger partial charge in [-0.2, -0.15) is 18.3 Å². The van der Waals surface area contributed by atoms with Crippen LogP contribution in [0, 0.1) is 17.5 Å². The van der Waals surface area contributed by atoms with Crippen LogP contribution in [0.3, 0.4) is 0 Å². The molecule has 4 aromatic rings. The molecule has 3 heterocycles. The summed E-state index contributed by atoms with van der Waals surface area (Å²) in [6, 6.07) is 8.44. The van der Waals surface area contributed by atoms with Crippen LogP contribution in [0.2, 0.25) is 0 Å². The number of pyridine rings is 1. The van der Waals surface area contributed by atoms with Crippen LogP contribution >= 0.6 is 0 Å². The number of benzene rings is 2. The standard InChI is InChI=1S/C32H27F6N5O4/c33-19-10-17(11-20(34)14-19)12-25(28-21(2-1-7-40-28)18-3-4-24(35)22(13-18)30(39)45)41-27(44)16-43-26-5-6-31(46-8-9-47-31)15-23(26)29(42-43)32(36,37)38/h1-4,7,10-11,13-14,25H,5-6,8-9,12,15-16H2,(H2,39,45)(H,41,44)/t25-/m0/s1. The summed E-state index contributed by atoms with van der Waals surface area (Å²) >= 11 is 0. The Kier molecular flexibility index (Phi) is 8.53. The third-order valence-electron chi connectivity index (χ3n) is 8.14. The zero-order chi connectivity index (χ0) is 33.5. The summed E-state index contributed by atoms with van der Waals surface area (Å²) in [6.45, 7) is -0.117. The zero-order valence-electron chi connectivity index (χ0n) is 24.5. The topological polar surface area (TPSA) is 121 Å². The van der Waals surface area contributed by atoms with Crippen molar-refractivity contribution in [1.29, 1.82) is 0 Å². The summed E-state index contributed by atoms with van der Waals surface area (Å²) < 4.78 is 97.1. The highest BCUT2D eigenvalue weighted by Gasteiger charge is 2.47. The van der Waals surface area contributed by atoms with Crippen molar-refractivity contribution in [3.8, 4) is 11.1 Å². The highest BCUT2D eigenvalue weighted by atomic mass is 19.4. The van der Waals surface area contributed by atoms with Crippen molar-refractivity contribution >= 4 is 11.8 Å². The molecule has 1 saturated heterocycles. The lowest BCUT2D eigenvalue weighted by molar-refractivity contribution is -0.167. The van der Waals surface area contributed by atoms with E-state index in [2.05, 4.69) is 15.4 Å².